The monoisotopic (exact) mass is 336 g/mol. The highest BCUT2D eigenvalue weighted by Gasteiger charge is 2.24. The SMILES string of the molecule is NS(=O)(=O)c1c(F)cc(C2=C(c3cccnc3)CCC2)cc1F. The van der Waals surface area contributed by atoms with E-state index in [4.69, 9.17) is 5.14 Å². The van der Waals surface area contributed by atoms with Crippen molar-refractivity contribution in [1.82, 2.24) is 4.98 Å². The minimum absolute atomic E-state index is 0.337. The van der Waals surface area contributed by atoms with Crippen LogP contribution in [-0.2, 0) is 10.0 Å². The molecule has 0 atom stereocenters. The van der Waals surface area contributed by atoms with Crippen LogP contribution in [0.2, 0.25) is 0 Å². The van der Waals surface area contributed by atoms with Gasteiger partial charge in [-0.3, -0.25) is 4.98 Å². The van der Waals surface area contributed by atoms with Gasteiger partial charge in [0.2, 0.25) is 10.0 Å². The van der Waals surface area contributed by atoms with Crippen LogP contribution in [0.25, 0.3) is 11.1 Å². The number of nitrogens with two attached hydrogens (primary N) is 1. The van der Waals surface area contributed by atoms with E-state index in [-0.39, 0.29) is 0 Å². The number of hydrogen-bond donors (Lipinski definition) is 1. The molecule has 2 N–H and O–H groups in total. The second-order valence-corrected chi connectivity index (χ2v) is 6.86. The molecule has 7 heteroatoms. The predicted molar refractivity (Wildman–Crippen MR) is 82.6 cm³/mol. The Kier molecular flexibility index (Phi) is 3.99. The summed E-state index contributed by atoms with van der Waals surface area (Å²) in [4.78, 5) is 2.97. The van der Waals surface area contributed by atoms with Gasteiger partial charge in [-0.25, -0.2) is 22.3 Å². The zero-order chi connectivity index (χ0) is 16.6. The number of pyridine rings is 1. The maximum Gasteiger partial charge on any atom is 0.243 e. The van der Waals surface area contributed by atoms with Gasteiger partial charge in [0.1, 0.15) is 11.6 Å². The number of nitrogens with zero attached hydrogens (tertiary/aromatic N) is 1. The molecular weight excluding hydrogens is 322 g/mol. The molecule has 0 unspecified atom stereocenters. The van der Waals surface area contributed by atoms with Gasteiger partial charge in [-0.15, -0.1) is 0 Å². The van der Waals surface area contributed by atoms with Crippen molar-refractivity contribution >= 4 is 21.2 Å². The van der Waals surface area contributed by atoms with Gasteiger partial charge < -0.3 is 0 Å². The Morgan fingerprint density at radius 1 is 1.04 bits per heavy atom. The maximum absolute atomic E-state index is 14.1. The normalized spacial score (nSPS) is 15.3. The van der Waals surface area contributed by atoms with Crippen molar-refractivity contribution in [3.63, 3.8) is 0 Å². The molecule has 0 radical (unpaired) electrons. The highest BCUT2D eigenvalue weighted by atomic mass is 32.2. The van der Waals surface area contributed by atoms with Gasteiger partial charge in [-0.05, 0) is 59.7 Å². The van der Waals surface area contributed by atoms with Crippen molar-refractivity contribution in [2.45, 2.75) is 24.2 Å². The van der Waals surface area contributed by atoms with Crippen molar-refractivity contribution in [2.24, 2.45) is 5.14 Å². The fourth-order valence-electron chi connectivity index (χ4n) is 2.93. The molecule has 1 aromatic carbocycles. The van der Waals surface area contributed by atoms with Gasteiger partial charge in [0.05, 0.1) is 0 Å². The summed E-state index contributed by atoms with van der Waals surface area (Å²) in [6.45, 7) is 0. The quantitative estimate of drug-likeness (QED) is 0.936. The Hall–Kier alpha value is -2.12. The summed E-state index contributed by atoms with van der Waals surface area (Å²) >= 11 is 0. The van der Waals surface area contributed by atoms with Gasteiger partial charge in [0.25, 0.3) is 0 Å². The van der Waals surface area contributed by atoms with E-state index >= 15 is 0 Å². The average Bonchev–Trinajstić information content (AvgIpc) is 2.95. The molecule has 0 bridgehead atoms. The van der Waals surface area contributed by atoms with Crippen molar-refractivity contribution in [1.29, 1.82) is 0 Å². The first kappa shape index (κ1) is 15.8. The van der Waals surface area contributed by atoms with Crippen LogP contribution in [0.3, 0.4) is 0 Å². The zero-order valence-corrected chi connectivity index (χ0v) is 12.9. The Morgan fingerprint density at radius 2 is 1.65 bits per heavy atom. The third-order valence-corrected chi connectivity index (χ3v) is 4.82. The minimum atomic E-state index is -4.45. The minimum Gasteiger partial charge on any atom is -0.264 e. The number of sulfonamides is 1. The Balaban J connectivity index is 2.15. The van der Waals surface area contributed by atoms with Crippen LogP contribution in [-0.4, -0.2) is 13.4 Å². The summed E-state index contributed by atoms with van der Waals surface area (Å²) in [6.07, 6.45) is 5.66. The van der Waals surface area contributed by atoms with Gasteiger partial charge in [-0.2, -0.15) is 0 Å². The number of halogens is 2. The number of primary sulfonamides is 1. The zero-order valence-electron chi connectivity index (χ0n) is 12.1. The predicted octanol–water partition coefficient (Wildman–Crippen LogP) is 3.10. The molecule has 1 aliphatic rings. The second kappa shape index (κ2) is 5.82. The molecule has 3 rings (SSSR count). The molecule has 23 heavy (non-hydrogen) atoms. The fraction of sp³-hybridized carbons (Fsp3) is 0.188. The van der Waals surface area contributed by atoms with Crippen LogP contribution in [0.4, 0.5) is 8.78 Å². The second-order valence-electron chi connectivity index (χ2n) is 5.37. The molecule has 0 saturated carbocycles. The third kappa shape index (κ3) is 3.02. The molecule has 1 aromatic heterocycles. The lowest BCUT2D eigenvalue weighted by atomic mass is 9.98. The molecule has 0 aliphatic heterocycles. The summed E-state index contributed by atoms with van der Waals surface area (Å²) in [6, 6.07) is 5.74. The third-order valence-electron chi connectivity index (χ3n) is 3.86. The number of allylic oxidation sites excluding steroid dienone is 2. The lowest BCUT2D eigenvalue weighted by molar-refractivity contribution is 0.519. The Labute approximate surface area is 132 Å². The molecular formula is C16H14F2N2O2S. The van der Waals surface area contributed by atoms with Gasteiger partial charge >= 0.3 is 0 Å². The van der Waals surface area contributed by atoms with Crippen molar-refractivity contribution in [3.8, 4) is 0 Å². The molecule has 2 aromatic rings. The highest BCUT2D eigenvalue weighted by molar-refractivity contribution is 7.89. The van der Waals surface area contributed by atoms with E-state index in [2.05, 4.69) is 4.98 Å². The number of rotatable bonds is 3. The van der Waals surface area contributed by atoms with Gasteiger partial charge in [-0.1, -0.05) is 6.07 Å². The van der Waals surface area contributed by atoms with E-state index in [0.29, 0.717) is 12.0 Å². The first-order valence-electron chi connectivity index (χ1n) is 7.02. The smallest absolute Gasteiger partial charge is 0.243 e. The number of benzene rings is 1. The van der Waals surface area contributed by atoms with Crippen molar-refractivity contribution in [3.05, 3.63) is 59.4 Å². The highest BCUT2D eigenvalue weighted by Crippen LogP contribution is 2.40. The van der Waals surface area contributed by atoms with E-state index in [0.717, 1.165) is 41.7 Å². The van der Waals surface area contributed by atoms with Crippen LogP contribution < -0.4 is 5.14 Å². The molecule has 1 aliphatic carbocycles. The molecule has 0 saturated heterocycles. The number of hydrogen-bond acceptors (Lipinski definition) is 3. The van der Waals surface area contributed by atoms with E-state index < -0.39 is 26.6 Å². The number of aromatic nitrogens is 1. The van der Waals surface area contributed by atoms with Crippen LogP contribution >= 0.6 is 0 Å². The van der Waals surface area contributed by atoms with Crippen molar-refractivity contribution in [2.75, 3.05) is 0 Å². The molecule has 4 nitrogen and oxygen atoms in total. The maximum atomic E-state index is 14.1. The summed E-state index contributed by atoms with van der Waals surface area (Å²) in [5.41, 5.74) is 3.01. The lowest BCUT2D eigenvalue weighted by Gasteiger charge is -2.10. The van der Waals surface area contributed by atoms with Crippen molar-refractivity contribution < 1.29 is 17.2 Å². The summed E-state index contributed by atoms with van der Waals surface area (Å²) in [5, 5.41) is 4.85. The first-order valence-corrected chi connectivity index (χ1v) is 8.57. The first-order chi connectivity index (χ1) is 10.9. The molecule has 120 valence electrons. The Bertz CT molecular complexity index is 871. The van der Waals surface area contributed by atoms with Crippen LogP contribution in [0.15, 0.2) is 41.6 Å². The molecule has 0 amide bonds. The lowest BCUT2D eigenvalue weighted by Crippen LogP contribution is -2.16. The molecule has 0 fully saturated rings. The topological polar surface area (TPSA) is 73.1 Å². The fourth-order valence-corrected chi connectivity index (χ4v) is 3.59. The van der Waals surface area contributed by atoms with E-state index in [1.807, 2.05) is 6.07 Å². The van der Waals surface area contributed by atoms with E-state index in [9.17, 15) is 17.2 Å². The van der Waals surface area contributed by atoms with Gasteiger partial charge in [0, 0.05) is 12.4 Å². The molecule has 0 spiro atoms. The standard InChI is InChI=1S/C16H14F2N2O2S/c17-14-7-11(8-15(18)16(14)23(19,21)22)13-5-1-4-12(13)10-3-2-6-20-9-10/h2-3,6-9H,1,4-5H2,(H2,19,21,22). The van der Waals surface area contributed by atoms with E-state index in [1.165, 1.54) is 0 Å². The van der Waals surface area contributed by atoms with Gasteiger partial charge in [0.15, 0.2) is 4.90 Å². The van der Waals surface area contributed by atoms with Crippen LogP contribution in [0.5, 0.6) is 0 Å². The molecule has 1 heterocycles. The average molecular weight is 336 g/mol. The van der Waals surface area contributed by atoms with Crippen LogP contribution in [0.1, 0.15) is 30.4 Å². The largest absolute Gasteiger partial charge is 0.264 e. The van der Waals surface area contributed by atoms with Crippen LogP contribution in [0, 0.1) is 11.6 Å². The summed E-state index contributed by atoms with van der Waals surface area (Å²) < 4.78 is 50.7. The Morgan fingerprint density at radius 3 is 2.17 bits per heavy atom. The summed E-state index contributed by atoms with van der Waals surface area (Å²) in [7, 11) is -4.45. The van der Waals surface area contributed by atoms with E-state index in [1.54, 1.807) is 18.5 Å². The summed E-state index contributed by atoms with van der Waals surface area (Å²) in [5.74, 6) is -2.35.